The Hall–Kier alpha value is -1.84. The zero-order valence-electron chi connectivity index (χ0n) is 11.0. The van der Waals surface area contributed by atoms with Crippen LogP contribution in [-0.4, -0.2) is 23.9 Å². The number of anilines is 1. The number of amides is 2. The molecule has 1 aliphatic heterocycles. The van der Waals surface area contributed by atoms with E-state index in [0.717, 1.165) is 11.3 Å². The maximum atomic E-state index is 12.5. The molecule has 4 heteroatoms. The van der Waals surface area contributed by atoms with Crippen LogP contribution in [0.3, 0.4) is 0 Å². The van der Waals surface area contributed by atoms with Gasteiger partial charge in [0, 0.05) is 18.7 Å². The Labute approximate surface area is 107 Å². The third-order valence-electron chi connectivity index (χ3n) is 3.20. The number of nitrogens with zero attached hydrogens (tertiary/aromatic N) is 1. The van der Waals surface area contributed by atoms with Gasteiger partial charge in [0.1, 0.15) is 5.54 Å². The molecule has 18 heavy (non-hydrogen) atoms. The monoisotopic (exact) mass is 246 g/mol. The Morgan fingerprint density at radius 1 is 1.22 bits per heavy atom. The number of rotatable bonds is 1. The summed E-state index contributed by atoms with van der Waals surface area (Å²) in [5.74, 6) is -0.146. The summed E-state index contributed by atoms with van der Waals surface area (Å²) in [4.78, 5) is 25.8. The molecule has 1 saturated heterocycles. The lowest BCUT2D eigenvalue weighted by Crippen LogP contribution is -2.53. The summed E-state index contributed by atoms with van der Waals surface area (Å²) < 4.78 is 0. The van der Waals surface area contributed by atoms with E-state index >= 15 is 0 Å². The van der Waals surface area contributed by atoms with Crippen molar-refractivity contribution in [3.05, 3.63) is 29.8 Å². The first-order valence-corrected chi connectivity index (χ1v) is 6.10. The molecule has 0 spiro atoms. The molecule has 96 valence electrons. The smallest absolute Gasteiger partial charge is 0.252 e. The zero-order chi connectivity index (χ0) is 13.3. The predicted octanol–water partition coefficient (Wildman–Crippen LogP) is 1.63. The van der Waals surface area contributed by atoms with Crippen molar-refractivity contribution >= 4 is 17.5 Å². The first-order chi connectivity index (χ1) is 8.42. The Bertz CT molecular complexity index is 494. The molecule has 1 aliphatic rings. The van der Waals surface area contributed by atoms with Crippen molar-refractivity contribution in [1.82, 2.24) is 5.32 Å². The molecule has 2 rings (SSSR count). The molecule has 1 N–H and O–H groups in total. The Morgan fingerprint density at radius 2 is 1.89 bits per heavy atom. The predicted molar refractivity (Wildman–Crippen MR) is 70.4 cm³/mol. The van der Waals surface area contributed by atoms with E-state index in [9.17, 15) is 9.59 Å². The first kappa shape index (κ1) is 12.6. The van der Waals surface area contributed by atoms with Gasteiger partial charge in [-0.3, -0.25) is 9.59 Å². The van der Waals surface area contributed by atoms with Crippen molar-refractivity contribution < 1.29 is 9.59 Å². The van der Waals surface area contributed by atoms with Gasteiger partial charge in [-0.25, -0.2) is 0 Å². The standard InChI is InChI=1S/C14H18N2O2/c1-10-6-4-5-7-11(10)16-9-8-12(17)15-14(2,3)13(16)18/h4-7H,8-9H2,1-3H3,(H,15,17). The van der Waals surface area contributed by atoms with Crippen molar-refractivity contribution in [2.45, 2.75) is 32.7 Å². The van der Waals surface area contributed by atoms with Crippen molar-refractivity contribution in [3.63, 3.8) is 0 Å². The number of hydrogen-bond acceptors (Lipinski definition) is 2. The largest absolute Gasteiger partial charge is 0.342 e. The lowest BCUT2D eigenvalue weighted by Gasteiger charge is -2.29. The molecule has 0 aromatic heterocycles. The van der Waals surface area contributed by atoms with Gasteiger partial charge in [-0.05, 0) is 32.4 Å². The lowest BCUT2D eigenvalue weighted by atomic mass is 10.0. The summed E-state index contributed by atoms with van der Waals surface area (Å²) in [6.07, 6.45) is 0.337. The molecule has 1 heterocycles. The van der Waals surface area contributed by atoms with Crippen molar-refractivity contribution in [2.75, 3.05) is 11.4 Å². The van der Waals surface area contributed by atoms with Crippen LogP contribution in [0.25, 0.3) is 0 Å². The van der Waals surface area contributed by atoms with Gasteiger partial charge in [-0.2, -0.15) is 0 Å². The number of hydrogen-bond donors (Lipinski definition) is 1. The highest BCUT2D eigenvalue weighted by atomic mass is 16.2. The molecule has 4 nitrogen and oxygen atoms in total. The van der Waals surface area contributed by atoms with Crippen LogP contribution in [0.2, 0.25) is 0 Å². The molecule has 1 aromatic carbocycles. The van der Waals surface area contributed by atoms with E-state index in [4.69, 9.17) is 0 Å². The maximum Gasteiger partial charge on any atom is 0.252 e. The van der Waals surface area contributed by atoms with Gasteiger partial charge in [0.2, 0.25) is 5.91 Å². The average molecular weight is 246 g/mol. The summed E-state index contributed by atoms with van der Waals surface area (Å²) >= 11 is 0. The van der Waals surface area contributed by atoms with Crippen LogP contribution in [0.4, 0.5) is 5.69 Å². The number of aryl methyl sites for hydroxylation is 1. The minimum absolute atomic E-state index is 0.0670. The van der Waals surface area contributed by atoms with Gasteiger partial charge in [-0.15, -0.1) is 0 Å². The number of para-hydroxylation sites is 1. The fourth-order valence-electron chi connectivity index (χ4n) is 2.21. The number of carbonyl (C=O) groups is 2. The molecule has 0 atom stereocenters. The summed E-state index contributed by atoms with van der Waals surface area (Å²) in [7, 11) is 0. The maximum absolute atomic E-state index is 12.5. The molecule has 1 fully saturated rings. The van der Waals surface area contributed by atoms with E-state index < -0.39 is 5.54 Å². The quantitative estimate of drug-likeness (QED) is 0.818. The van der Waals surface area contributed by atoms with Crippen LogP contribution < -0.4 is 10.2 Å². The number of nitrogens with one attached hydrogen (secondary N) is 1. The fourth-order valence-corrected chi connectivity index (χ4v) is 2.21. The summed E-state index contributed by atoms with van der Waals surface area (Å²) in [6, 6.07) is 7.73. The second kappa shape index (κ2) is 4.44. The second-order valence-corrected chi connectivity index (χ2v) is 5.17. The molecule has 0 aliphatic carbocycles. The van der Waals surface area contributed by atoms with Gasteiger partial charge in [0.05, 0.1) is 0 Å². The molecule has 0 radical (unpaired) electrons. The van der Waals surface area contributed by atoms with Gasteiger partial charge in [0.25, 0.3) is 5.91 Å². The summed E-state index contributed by atoms with van der Waals surface area (Å²) in [6.45, 7) is 5.88. The third-order valence-corrected chi connectivity index (χ3v) is 3.20. The molecule has 0 bridgehead atoms. The van der Waals surface area contributed by atoms with E-state index in [0.29, 0.717) is 13.0 Å². The fraction of sp³-hybridized carbons (Fsp3) is 0.429. The van der Waals surface area contributed by atoms with Crippen LogP contribution in [0, 0.1) is 6.92 Å². The SMILES string of the molecule is Cc1ccccc1N1CCC(=O)NC(C)(C)C1=O. The minimum atomic E-state index is -0.851. The molecule has 1 aromatic rings. The number of carbonyl (C=O) groups excluding carboxylic acids is 2. The van der Waals surface area contributed by atoms with Crippen LogP contribution in [0.5, 0.6) is 0 Å². The first-order valence-electron chi connectivity index (χ1n) is 6.10. The van der Waals surface area contributed by atoms with E-state index in [1.54, 1.807) is 18.7 Å². The summed E-state index contributed by atoms with van der Waals surface area (Å²) in [5, 5.41) is 2.76. The topological polar surface area (TPSA) is 49.4 Å². The second-order valence-electron chi connectivity index (χ2n) is 5.17. The Balaban J connectivity index is 2.41. The highest BCUT2D eigenvalue weighted by Crippen LogP contribution is 2.24. The van der Waals surface area contributed by atoms with Crippen LogP contribution in [-0.2, 0) is 9.59 Å². The van der Waals surface area contributed by atoms with Crippen LogP contribution in [0.1, 0.15) is 25.8 Å². The summed E-state index contributed by atoms with van der Waals surface area (Å²) in [5.41, 5.74) is 1.07. The van der Waals surface area contributed by atoms with E-state index in [2.05, 4.69) is 5.32 Å². The highest BCUT2D eigenvalue weighted by molar-refractivity contribution is 6.04. The van der Waals surface area contributed by atoms with E-state index in [1.165, 1.54) is 0 Å². The normalized spacial score (nSPS) is 19.4. The molecule has 0 unspecified atom stereocenters. The van der Waals surface area contributed by atoms with Gasteiger partial charge < -0.3 is 10.2 Å². The number of benzene rings is 1. The average Bonchev–Trinajstić information content (AvgIpc) is 2.39. The molecule has 0 saturated carbocycles. The van der Waals surface area contributed by atoms with Crippen molar-refractivity contribution in [1.29, 1.82) is 0 Å². The van der Waals surface area contributed by atoms with Gasteiger partial charge in [-0.1, -0.05) is 18.2 Å². The third kappa shape index (κ3) is 2.23. The van der Waals surface area contributed by atoms with E-state index in [-0.39, 0.29) is 11.8 Å². The van der Waals surface area contributed by atoms with Gasteiger partial charge >= 0.3 is 0 Å². The van der Waals surface area contributed by atoms with E-state index in [1.807, 2.05) is 31.2 Å². The Morgan fingerprint density at radius 3 is 2.56 bits per heavy atom. The Kier molecular flexibility index (Phi) is 3.11. The molecular formula is C14H18N2O2. The van der Waals surface area contributed by atoms with Gasteiger partial charge in [0.15, 0.2) is 0 Å². The minimum Gasteiger partial charge on any atom is -0.342 e. The highest BCUT2D eigenvalue weighted by Gasteiger charge is 2.37. The van der Waals surface area contributed by atoms with Crippen molar-refractivity contribution in [2.24, 2.45) is 0 Å². The van der Waals surface area contributed by atoms with Crippen LogP contribution in [0.15, 0.2) is 24.3 Å². The zero-order valence-corrected chi connectivity index (χ0v) is 11.0. The molecular weight excluding hydrogens is 228 g/mol. The van der Waals surface area contributed by atoms with Crippen molar-refractivity contribution in [3.8, 4) is 0 Å². The molecule has 2 amide bonds. The lowest BCUT2D eigenvalue weighted by molar-refractivity contribution is -0.128. The van der Waals surface area contributed by atoms with Crippen LogP contribution >= 0.6 is 0 Å².